The van der Waals surface area contributed by atoms with E-state index in [1.165, 1.54) is 22.7 Å². The van der Waals surface area contributed by atoms with Gasteiger partial charge in [-0.25, -0.2) is 0 Å². The number of piperidine rings is 1. The summed E-state index contributed by atoms with van der Waals surface area (Å²) in [7, 11) is 0. The maximum atomic E-state index is 5.56. The van der Waals surface area contributed by atoms with E-state index in [0.717, 1.165) is 66.0 Å². The summed E-state index contributed by atoms with van der Waals surface area (Å²) in [6.45, 7) is 7.31. The molecule has 0 N–H and O–H groups in total. The molecule has 0 aliphatic carbocycles. The Morgan fingerprint density at radius 1 is 1.18 bits per heavy atom. The van der Waals surface area contributed by atoms with Crippen LogP contribution in [0.1, 0.15) is 41.3 Å². The van der Waals surface area contributed by atoms with Crippen LogP contribution < -0.4 is 9.47 Å². The lowest BCUT2D eigenvalue weighted by Gasteiger charge is -2.32. The molecule has 5 rings (SSSR count). The van der Waals surface area contributed by atoms with Crippen molar-refractivity contribution < 1.29 is 14.0 Å². The highest BCUT2D eigenvalue weighted by atomic mass is 32.1. The van der Waals surface area contributed by atoms with E-state index in [1.54, 1.807) is 0 Å². The fourth-order valence-electron chi connectivity index (χ4n) is 4.03. The largest absolute Gasteiger partial charge is 0.454 e. The first-order valence-electron chi connectivity index (χ1n) is 9.55. The Morgan fingerprint density at radius 3 is 2.86 bits per heavy atom. The summed E-state index contributed by atoms with van der Waals surface area (Å²) in [5.74, 6) is 2.81. The first-order chi connectivity index (χ1) is 13.7. The number of fused-ring (bicyclic) bond motifs is 1. The van der Waals surface area contributed by atoms with Crippen LogP contribution in [0.25, 0.3) is 10.6 Å². The molecule has 0 amide bonds. The second-order valence-corrected chi connectivity index (χ2v) is 8.28. The quantitative estimate of drug-likeness (QED) is 0.659. The Balaban J connectivity index is 1.35. The number of rotatable bonds is 4. The lowest BCUT2D eigenvalue weighted by atomic mass is 9.93. The average molecular weight is 398 g/mol. The number of nitrogens with zero attached hydrogens (tertiary/aromatic N) is 4. The number of aromatic nitrogens is 3. The molecule has 1 saturated heterocycles. The zero-order valence-electron chi connectivity index (χ0n) is 16.0. The minimum absolute atomic E-state index is 0.310. The van der Waals surface area contributed by atoms with Crippen LogP contribution in [0.15, 0.2) is 22.7 Å². The van der Waals surface area contributed by atoms with Gasteiger partial charge in [0, 0.05) is 25.1 Å². The first-order valence-corrected chi connectivity index (χ1v) is 10.3. The van der Waals surface area contributed by atoms with E-state index in [-0.39, 0.29) is 0 Å². The van der Waals surface area contributed by atoms with Crippen molar-refractivity contribution in [2.45, 2.75) is 39.2 Å². The highest BCUT2D eigenvalue weighted by Gasteiger charge is 2.28. The summed E-state index contributed by atoms with van der Waals surface area (Å²) in [6, 6.07) is 6.15. The summed E-state index contributed by atoms with van der Waals surface area (Å²) < 4.78 is 20.7. The van der Waals surface area contributed by atoms with E-state index in [1.807, 2.05) is 13.0 Å². The van der Waals surface area contributed by atoms with Crippen LogP contribution in [0.5, 0.6) is 11.5 Å². The SMILES string of the molecule is Cc1cc(-c2snnc2C2CCCN(Cc3cc4c(cc3C)OCO4)C2)on1. The smallest absolute Gasteiger partial charge is 0.231 e. The van der Waals surface area contributed by atoms with Gasteiger partial charge >= 0.3 is 0 Å². The van der Waals surface area contributed by atoms with Gasteiger partial charge in [-0.2, -0.15) is 0 Å². The van der Waals surface area contributed by atoms with Gasteiger partial charge in [-0.05, 0) is 68.0 Å². The van der Waals surface area contributed by atoms with Crippen molar-refractivity contribution in [1.82, 2.24) is 19.6 Å². The van der Waals surface area contributed by atoms with Gasteiger partial charge in [-0.1, -0.05) is 9.64 Å². The molecule has 2 aliphatic rings. The minimum Gasteiger partial charge on any atom is -0.454 e. The van der Waals surface area contributed by atoms with Gasteiger partial charge in [0.2, 0.25) is 6.79 Å². The van der Waals surface area contributed by atoms with Gasteiger partial charge in [0.1, 0.15) is 4.88 Å². The van der Waals surface area contributed by atoms with Crippen molar-refractivity contribution in [3.05, 3.63) is 40.7 Å². The number of aryl methyl sites for hydroxylation is 2. The molecule has 1 fully saturated rings. The Morgan fingerprint density at radius 2 is 2.04 bits per heavy atom. The van der Waals surface area contributed by atoms with E-state index < -0.39 is 0 Å². The maximum absolute atomic E-state index is 5.56. The fourth-order valence-corrected chi connectivity index (χ4v) is 4.72. The zero-order chi connectivity index (χ0) is 19.1. The third-order valence-corrected chi connectivity index (χ3v) is 6.24. The predicted molar refractivity (Wildman–Crippen MR) is 105 cm³/mol. The van der Waals surface area contributed by atoms with Crippen molar-refractivity contribution in [3.8, 4) is 22.1 Å². The number of likely N-dealkylation sites (tertiary alicyclic amines) is 1. The van der Waals surface area contributed by atoms with Gasteiger partial charge in [0.15, 0.2) is 17.3 Å². The Labute approximate surface area is 167 Å². The second-order valence-electron chi connectivity index (χ2n) is 7.53. The highest BCUT2D eigenvalue weighted by Crippen LogP contribution is 2.38. The third-order valence-electron chi connectivity index (χ3n) is 5.48. The Hall–Kier alpha value is -2.45. The van der Waals surface area contributed by atoms with E-state index >= 15 is 0 Å². The first kappa shape index (κ1) is 17.6. The van der Waals surface area contributed by atoms with Gasteiger partial charge in [-0.3, -0.25) is 4.90 Å². The molecule has 0 spiro atoms. The van der Waals surface area contributed by atoms with E-state index in [9.17, 15) is 0 Å². The molecule has 28 heavy (non-hydrogen) atoms. The number of benzene rings is 1. The van der Waals surface area contributed by atoms with Crippen LogP contribution in [0.3, 0.4) is 0 Å². The Kier molecular flexibility index (Phi) is 4.52. The second kappa shape index (κ2) is 7.18. The molecule has 7 nitrogen and oxygen atoms in total. The summed E-state index contributed by atoms with van der Waals surface area (Å²) in [5.41, 5.74) is 4.43. The highest BCUT2D eigenvalue weighted by molar-refractivity contribution is 7.09. The molecule has 146 valence electrons. The minimum atomic E-state index is 0.310. The van der Waals surface area contributed by atoms with Crippen LogP contribution in [0.2, 0.25) is 0 Å². The molecule has 1 unspecified atom stereocenters. The molecule has 0 bridgehead atoms. The van der Waals surface area contributed by atoms with Crippen LogP contribution >= 0.6 is 11.5 Å². The maximum Gasteiger partial charge on any atom is 0.231 e. The number of ether oxygens (including phenoxy) is 2. The van der Waals surface area contributed by atoms with Crippen LogP contribution in [0, 0.1) is 13.8 Å². The van der Waals surface area contributed by atoms with Crippen LogP contribution in [0.4, 0.5) is 0 Å². The normalized spacial score (nSPS) is 19.3. The van der Waals surface area contributed by atoms with Gasteiger partial charge in [0.05, 0.1) is 11.4 Å². The summed E-state index contributed by atoms with van der Waals surface area (Å²) >= 11 is 1.39. The summed E-state index contributed by atoms with van der Waals surface area (Å²) in [6.07, 6.45) is 2.25. The molecule has 1 atom stereocenters. The predicted octanol–water partition coefficient (Wildman–Crippen LogP) is 3.92. The molecule has 3 aromatic rings. The number of hydrogen-bond acceptors (Lipinski definition) is 8. The summed E-state index contributed by atoms with van der Waals surface area (Å²) in [4.78, 5) is 3.50. The lowest BCUT2D eigenvalue weighted by molar-refractivity contribution is 0.173. The molecule has 8 heteroatoms. The number of hydrogen-bond donors (Lipinski definition) is 0. The fraction of sp³-hybridized carbons (Fsp3) is 0.450. The zero-order valence-corrected chi connectivity index (χ0v) is 16.8. The molecule has 2 aromatic heterocycles. The van der Waals surface area contributed by atoms with E-state index in [0.29, 0.717) is 12.7 Å². The molecule has 0 saturated carbocycles. The standard InChI is InChI=1S/C20H22N4O3S/c1-12-6-16-17(26-11-25-16)8-15(12)10-24-5-3-4-14(9-24)19-20(28-23-21-19)18-7-13(2)22-27-18/h6-8,14H,3-5,9-11H2,1-2H3. The molecule has 0 radical (unpaired) electrons. The molecule has 2 aliphatic heterocycles. The molecule has 1 aromatic carbocycles. The average Bonchev–Trinajstić information content (AvgIpc) is 3.42. The van der Waals surface area contributed by atoms with Gasteiger partial charge in [-0.15, -0.1) is 5.10 Å². The van der Waals surface area contributed by atoms with Gasteiger partial charge in [0.25, 0.3) is 0 Å². The molecule has 4 heterocycles. The van der Waals surface area contributed by atoms with Crippen molar-refractivity contribution in [2.75, 3.05) is 19.9 Å². The topological polar surface area (TPSA) is 73.5 Å². The third kappa shape index (κ3) is 3.27. The molecular weight excluding hydrogens is 376 g/mol. The lowest BCUT2D eigenvalue weighted by Crippen LogP contribution is -2.34. The molecular formula is C20H22N4O3S. The Bertz CT molecular complexity index is 999. The van der Waals surface area contributed by atoms with E-state index in [2.05, 4.69) is 38.7 Å². The van der Waals surface area contributed by atoms with Crippen molar-refractivity contribution >= 4 is 11.5 Å². The summed E-state index contributed by atoms with van der Waals surface area (Å²) in [5, 5.41) is 8.46. The monoisotopic (exact) mass is 398 g/mol. The van der Waals surface area contributed by atoms with Crippen molar-refractivity contribution in [2.24, 2.45) is 0 Å². The van der Waals surface area contributed by atoms with Gasteiger partial charge < -0.3 is 14.0 Å². The van der Waals surface area contributed by atoms with Crippen LogP contribution in [-0.4, -0.2) is 39.5 Å². The van der Waals surface area contributed by atoms with Crippen molar-refractivity contribution in [1.29, 1.82) is 0 Å². The van der Waals surface area contributed by atoms with Crippen molar-refractivity contribution in [3.63, 3.8) is 0 Å². The van der Waals surface area contributed by atoms with E-state index in [4.69, 9.17) is 14.0 Å². The van der Waals surface area contributed by atoms with Crippen LogP contribution in [-0.2, 0) is 6.54 Å².